The van der Waals surface area contributed by atoms with Crippen LogP contribution in [-0.4, -0.2) is 25.2 Å². The molecule has 3 heteroatoms. The van der Waals surface area contributed by atoms with Crippen molar-refractivity contribution in [2.24, 2.45) is 4.99 Å². The lowest BCUT2D eigenvalue weighted by atomic mass is 9.85. The second kappa shape index (κ2) is 6.25. The van der Waals surface area contributed by atoms with E-state index in [2.05, 4.69) is 43.1 Å². The van der Waals surface area contributed by atoms with Gasteiger partial charge >= 0.3 is 0 Å². The van der Waals surface area contributed by atoms with Gasteiger partial charge in [-0.3, -0.25) is 9.79 Å². The van der Waals surface area contributed by atoms with Gasteiger partial charge < -0.3 is 4.90 Å². The molecule has 0 fully saturated rings. The van der Waals surface area contributed by atoms with Crippen LogP contribution in [0.4, 0.5) is 5.69 Å². The first-order valence-electron chi connectivity index (χ1n) is 7.52. The first-order chi connectivity index (χ1) is 9.99. The molecule has 21 heavy (non-hydrogen) atoms. The van der Waals surface area contributed by atoms with Crippen molar-refractivity contribution in [2.75, 3.05) is 11.9 Å². The highest BCUT2D eigenvalue weighted by atomic mass is 16.2. The van der Waals surface area contributed by atoms with Crippen molar-refractivity contribution in [2.45, 2.75) is 46.1 Å². The molecule has 0 spiro atoms. The third-order valence-corrected chi connectivity index (χ3v) is 4.21. The molecular formula is C18H24N2O. The minimum Gasteiger partial charge on any atom is -0.310 e. The molecule has 112 valence electrons. The predicted molar refractivity (Wildman–Crippen MR) is 90.2 cm³/mol. The van der Waals surface area contributed by atoms with E-state index in [0.29, 0.717) is 5.92 Å². The summed E-state index contributed by atoms with van der Waals surface area (Å²) < 4.78 is 0. The minimum atomic E-state index is 0.116. The number of allylic oxidation sites excluding steroid dienone is 2. The number of carbonyl (C=O) groups excluding carboxylic acids is 1. The van der Waals surface area contributed by atoms with E-state index in [-0.39, 0.29) is 11.9 Å². The van der Waals surface area contributed by atoms with Crippen molar-refractivity contribution >= 4 is 23.4 Å². The number of nitrogens with zero attached hydrogens (tertiary/aromatic N) is 2. The zero-order valence-electron chi connectivity index (χ0n) is 13.6. The van der Waals surface area contributed by atoms with E-state index in [1.807, 2.05) is 18.0 Å². The average molecular weight is 284 g/mol. The van der Waals surface area contributed by atoms with Crippen LogP contribution < -0.4 is 4.90 Å². The molecule has 1 aromatic rings. The first-order valence-corrected chi connectivity index (χ1v) is 7.52. The fourth-order valence-electron chi connectivity index (χ4n) is 3.26. The van der Waals surface area contributed by atoms with Crippen LogP contribution in [0.3, 0.4) is 0 Å². The van der Waals surface area contributed by atoms with Gasteiger partial charge in [-0.05, 0) is 55.0 Å². The van der Waals surface area contributed by atoms with Gasteiger partial charge in [0.1, 0.15) is 0 Å². The quantitative estimate of drug-likeness (QED) is 0.754. The van der Waals surface area contributed by atoms with Crippen molar-refractivity contribution in [1.29, 1.82) is 0 Å². The fourth-order valence-corrected chi connectivity index (χ4v) is 3.26. The Bertz CT molecular complexity index is 601. The monoisotopic (exact) mass is 284 g/mol. The summed E-state index contributed by atoms with van der Waals surface area (Å²) in [4.78, 5) is 18.0. The highest BCUT2D eigenvalue weighted by Gasteiger charge is 2.30. The number of amides is 1. The highest BCUT2D eigenvalue weighted by Crippen LogP contribution is 2.39. The summed E-state index contributed by atoms with van der Waals surface area (Å²) in [6.45, 7) is 8.02. The molecule has 0 saturated heterocycles. The number of rotatable bonds is 2. The van der Waals surface area contributed by atoms with Crippen molar-refractivity contribution in [3.05, 3.63) is 35.4 Å². The van der Waals surface area contributed by atoms with Gasteiger partial charge in [0, 0.05) is 31.9 Å². The number of fused-ring (bicyclic) bond motifs is 1. The van der Waals surface area contributed by atoms with E-state index in [0.717, 1.165) is 23.2 Å². The van der Waals surface area contributed by atoms with E-state index in [1.54, 1.807) is 14.0 Å². The minimum absolute atomic E-state index is 0.116. The maximum absolute atomic E-state index is 11.9. The standard InChI is InChI=1S/C18H24N2O/c1-6-15(11-19-5)16-7-8-18-17(10-16)12(2)9-13(3)20(18)14(4)21/h6-8,10-13H,9H2,1-5H3. The maximum Gasteiger partial charge on any atom is 0.224 e. The van der Waals surface area contributed by atoms with Crippen molar-refractivity contribution in [3.8, 4) is 0 Å². The van der Waals surface area contributed by atoms with Crippen LogP contribution in [0.15, 0.2) is 29.3 Å². The second-order valence-electron chi connectivity index (χ2n) is 5.78. The Morgan fingerprint density at radius 2 is 2.10 bits per heavy atom. The largest absolute Gasteiger partial charge is 0.310 e. The Kier molecular flexibility index (Phi) is 4.61. The molecule has 2 atom stereocenters. The topological polar surface area (TPSA) is 32.7 Å². The zero-order valence-corrected chi connectivity index (χ0v) is 13.6. The molecular weight excluding hydrogens is 260 g/mol. The van der Waals surface area contributed by atoms with Gasteiger partial charge in [-0.25, -0.2) is 0 Å². The third-order valence-electron chi connectivity index (χ3n) is 4.21. The Labute approximate surface area is 127 Å². The average Bonchev–Trinajstić information content (AvgIpc) is 2.44. The van der Waals surface area contributed by atoms with Crippen molar-refractivity contribution in [3.63, 3.8) is 0 Å². The predicted octanol–water partition coefficient (Wildman–Crippen LogP) is 4.04. The molecule has 1 aliphatic heterocycles. The van der Waals surface area contributed by atoms with Crippen molar-refractivity contribution in [1.82, 2.24) is 0 Å². The summed E-state index contributed by atoms with van der Waals surface area (Å²) in [5, 5.41) is 0. The number of hydrogen-bond donors (Lipinski definition) is 0. The van der Waals surface area contributed by atoms with E-state index in [1.165, 1.54) is 5.56 Å². The summed E-state index contributed by atoms with van der Waals surface area (Å²) >= 11 is 0. The fraction of sp³-hybridized carbons (Fsp3) is 0.444. The van der Waals surface area contributed by atoms with Gasteiger partial charge in [-0.2, -0.15) is 0 Å². The van der Waals surface area contributed by atoms with Crippen LogP contribution in [0.1, 0.15) is 51.2 Å². The van der Waals surface area contributed by atoms with Gasteiger partial charge in [0.15, 0.2) is 0 Å². The lowest BCUT2D eigenvalue weighted by molar-refractivity contribution is -0.117. The van der Waals surface area contributed by atoms with E-state index < -0.39 is 0 Å². The number of carbonyl (C=O) groups is 1. The molecule has 0 bridgehead atoms. The molecule has 0 saturated carbocycles. The summed E-state index contributed by atoms with van der Waals surface area (Å²) in [7, 11) is 1.78. The van der Waals surface area contributed by atoms with Crippen LogP contribution in [0, 0.1) is 0 Å². The molecule has 0 N–H and O–H groups in total. The summed E-state index contributed by atoms with van der Waals surface area (Å²) in [5.41, 5.74) is 4.58. The Balaban J connectivity index is 2.53. The summed E-state index contributed by atoms with van der Waals surface area (Å²) in [5.74, 6) is 0.576. The summed E-state index contributed by atoms with van der Waals surface area (Å²) in [6, 6.07) is 6.62. The molecule has 1 aliphatic rings. The van der Waals surface area contributed by atoms with Crippen LogP contribution in [-0.2, 0) is 4.79 Å². The lowest BCUT2D eigenvalue weighted by Gasteiger charge is -2.38. The normalized spacial score (nSPS) is 22.5. The molecule has 1 amide bonds. The number of benzene rings is 1. The molecule has 0 aliphatic carbocycles. The van der Waals surface area contributed by atoms with Crippen molar-refractivity contribution < 1.29 is 4.79 Å². The third kappa shape index (κ3) is 2.92. The Hall–Kier alpha value is -1.90. The van der Waals surface area contributed by atoms with Crippen LogP contribution in [0.2, 0.25) is 0 Å². The van der Waals surface area contributed by atoms with Gasteiger partial charge in [0.25, 0.3) is 0 Å². The molecule has 3 nitrogen and oxygen atoms in total. The molecule has 0 aromatic heterocycles. The van der Waals surface area contributed by atoms with Gasteiger partial charge in [-0.1, -0.05) is 19.1 Å². The number of hydrogen-bond acceptors (Lipinski definition) is 2. The lowest BCUT2D eigenvalue weighted by Crippen LogP contribution is -2.41. The van der Waals surface area contributed by atoms with Crippen LogP contribution >= 0.6 is 0 Å². The smallest absolute Gasteiger partial charge is 0.224 e. The maximum atomic E-state index is 11.9. The zero-order chi connectivity index (χ0) is 15.6. The number of anilines is 1. The van der Waals surface area contributed by atoms with Crippen LogP contribution in [0.5, 0.6) is 0 Å². The molecule has 1 heterocycles. The number of aliphatic imine (C=N–C) groups is 1. The first kappa shape index (κ1) is 15.5. The highest BCUT2D eigenvalue weighted by molar-refractivity contribution is 6.10. The Morgan fingerprint density at radius 3 is 2.67 bits per heavy atom. The van der Waals surface area contributed by atoms with E-state index in [9.17, 15) is 4.79 Å². The van der Waals surface area contributed by atoms with Crippen LogP contribution in [0.25, 0.3) is 5.57 Å². The van der Waals surface area contributed by atoms with E-state index >= 15 is 0 Å². The molecule has 0 radical (unpaired) electrons. The SMILES string of the molecule is CC=C(C=NC)c1ccc2c(c1)C(C)CC(C)N2C(C)=O. The second-order valence-corrected chi connectivity index (χ2v) is 5.78. The van der Waals surface area contributed by atoms with Gasteiger partial charge in [0.05, 0.1) is 0 Å². The van der Waals surface area contributed by atoms with Gasteiger partial charge in [0.2, 0.25) is 5.91 Å². The summed E-state index contributed by atoms with van der Waals surface area (Å²) in [6.07, 6.45) is 4.94. The van der Waals surface area contributed by atoms with Gasteiger partial charge in [-0.15, -0.1) is 0 Å². The molecule has 2 rings (SSSR count). The van der Waals surface area contributed by atoms with E-state index in [4.69, 9.17) is 0 Å². The molecule has 1 aromatic carbocycles. The Morgan fingerprint density at radius 1 is 1.38 bits per heavy atom. The molecule has 2 unspecified atom stereocenters.